The number of rotatable bonds is 5. The predicted molar refractivity (Wildman–Crippen MR) is 91.1 cm³/mol. The maximum Gasteiger partial charge on any atom is 0.356 e. The molecule has 0 bridgehead atoms. The number of aromatic carboxylic acids is 1. The smallest absolute Gasteiger partial charge is 0.356 e. The molecular formula is C15H17N2O9P. The van der Waals surface area contributed by atoms with Crippen LogP contribution in [0.15, 0.2) is 24.3 Å². The summed E-state index contributed by atoms with van der Waals surface area (Å²) in [5.74, 6) is -3.11. The molecule has 1 aromatic heterocycles. The highest BCUT2D eigenvalue weighted by Gasteiger charge is 2.46. The Morgan fingerprint density at radius 1 is 1.37 bits per heavy atom. The van der Waals surface area contributed by atoms with Crippen LogP contribution in [0.4, 0.5) is 5.82 Å². The van der Waals surface area contributed by atoms with Gasteiger partial charge in [0.25, 0.3) is 0 Å². The Morgan fingerprint density at radius 3 is 2.70 bits per heavy atom. The number of nitrogen functional groups attached to an aromatic ring is 1. The van der Waals surface area contributed by atoms with Gasteiger partial charge in [0.2, 0.25) is 6.29 Å². The van der Waals surface area contributed by atoms with E-state index in [1.165, 1.54) is 24.3 Å². The number of aromatic nitrogens is 1. The molecule has 27 heavy (non-hydrogen) atoms. The summed E-state index contributed by atoms with van der Waals surface area (Å²) in [6.45, 7) is 0. The van der Waals surface area contributed by atoms with Gasteiger partial charge >= 0.3 is 13.6 Å². The summed E-state index contributed by atoms with van der Waals surface area (Å²) in [4.78, 5) is 33.2. The van der Waals surface area contributed by atoms with Gasteiger partial charge in [-0.1, -0.05) is 0 Å². The lowest BCUT2D eigenvalue weighted by atomic mass is 10.1. The van der Waals surface area contributed by atoms with Crippen molar-refractivity contribution < 1.29 is 43.9 Å². The molecule has 4 atom stereocenters. The number of aliphatic hydroxyl groups is 2. The van der Waals surface area contributed by atoms with Crippen LogP contribution in [-0.2, 0) is 9.30 Å². The van der Waals surface area contributed by atoms with Crippen molar-refractivity contribution in [1.29, 1.82) is 0 Å². The molecule has 0 aliphatic carbocycles. The number of pyridine rings is 1. The third kappa shape index (κ3) is 4.03. The zero-order chi connectivity index (χ0) is 19.9. The van der Waals surface area contributed by atoms with Crippen molar-refractivity contribution >= 4 is 30.3 Å². The number of carbonyl (C=O) groups is 1. The summed E-state index contributed by atoms with van der Waals surface area (Å²) in [6, 6.07) is 5.49. The van der Waals surface area contributed by atoms with Gasteiger partial charge in [0.15, 0.2) is 5.85 Å². The summed E-state index contributed by atoms with van der Waals surface area (Å²) < 4.78 is 22.0. The first-order valence-corrected chi connectivity index (χ1v) is 9.41. The van der Waals surface area contributed by atoms with Crippen molar-refractivity contribution in [1.82, 2.24) is 4.98 Å². The lowest BCUT2D eigenvalue weighted by Crippen LogP contribution is -2.34. The van der Waals surface area contributed by atoms with Crippen molar-refractivity contribution in [2.24, 2.45) is 0 Å². The fourth-order valence-electron chi connectivity index (χ4n) is 2.78. The van der Waals surface area contributed by atoms with Gasteiger partial charge in [-0.2, -0.15) is 0 Å². The van der Waals surface area contributed by atoms with E-state index in [0.29, 0.717) is 5.39 Å². The first-order valence-electron chi connectivity index (χ1n) is 7.73. The molecule has 0 radical (unpaired) electrons. The van der Waals surface area contributed by atoms with Crippen molar-refractivity contribution in [3.63, 3.8) is 0 Å². The number of carboxylic acid groups (broad SMARTS) is 1. The Kier molecular flexibility index (Phi) is 5.08. The highest BCUT2D eigenvalue weighted by atomic mass is 31.2. The number of carboxylic acids is 1. The second-order valence-corrected chi connectivity index (χ2v) is 7.74. The minimum atomic E-state index is -4.88. The van der Waals surface area contributed by atoms with Gasteiger partial charge in [0, 0.05) is 17.9 Å². The Bertz CT molecular complexity index is 931. The second kappa shape index (κ2) is 7.04. The van der Waals surface area contributed by atoms with Crippen LogP contribution in [0.3, 0.4) is 0 Å². The van der Waals surface area contributed by atoms with E-state index in [-0.39, 0.29) is 29.1 Å². The van der Waals surface area contributed by atoms with Crippen LogP contribution in [0.2, 0.25) is 0 Å². The van der Waals surface area contributed by atoms with E-state index in [1.807, 2.05) is 0 Å². The maximum atomic E-state index is 11.2. The number of aliphatic hydroxyl groups excluding tert-OH is 2. The average molecular weight is 400 g/mol. The van der Waals surface area contributed by atoms with Crippen LogP contribution in [0.1, 0.15) is 16.8 Å². The van der Waals surface area contributed by atoms with Crippen LogP contribution in [0.5, 0.6) is 5.75 Å². The highest BCUT2D eigenvalue weighted by molar-refractivity contribution is 7.52. The first kappa shape index (κ1) is 19.5. The van der Waals surface area contributed by atoms with E-state index in [1.54, 1.807) is 0 Å². The molecule has 0 saturated carbocycles. The average Bonchev–Trinajstić information content (AvgIpc) is 2.92. The number of nitrogens with two attached hydrogens (primary N) is 1. The van der Waals surface area contributed by atoms with Crippen molar-refractivity contribution in [3.05, 3.63) is 29.8 Å². The fraction of sp³-hybridized carbons (Fsp3) is 0.333. The number of anilines is 1. The molecule has 2 aromatic rings. The number of hydrogen-bond acceptors (Lipinski definition) is 8. The SMILES string of the molecule is Nc1cc(O[C@H]2C[C@H](O)[C@@H](C(O)P(=O)(O)O)O2)c2ccc(C(=O)O)cc2n1. The molecule has 3 rings (SSSR count). The monoisotopic (exact) mass is 400 g/mol. The number of benzene rings is 1. The molecule has 12 heteroatoms. The van der Waals surface area contributed by atoms with Gasteiger partial charge in [-0.3, -0.25) is 4.57 Å². The number of ether oxygens (including phenoxy) is 2. The van der Waals surface area contributed by atoms with Gasteiger partial charge in [0.1, 0.15) is 17.7 Å². The number of hydrogen-bond donors (Lipinski definition) is 6. The Labute approximate surface area is 152 Å². The molecule has 0 amide bonds. The normalized spacial score (nSPS) is 24.1. The molecule has 1 aliphatic heterocycles. The van der Waals surface area contributed by atoms with Gasteiger partial charge in [-0.05, 0) is 18.2 Å². The summed E-state index contributed by atoms with van der Waals surface area (Å²) in [5.41, 5.74) is 5.98. The van der Waals surface area contributed by atoms with Crippen LogP contribution < -0.4 is 10.5 Å². The summed E-state index contributed by atoms with van der Waals surface area (Å²) in [6.07, 6.45) is -4.16. The molecule has 11 nitrogen and oxygen atoms in total. The molecule has 1 unspecified atom stereocenters. The highest BCUT2D eigenvalue weighted by Crippen LogP contribution is 2.45. The standard InChI is InChI=1S/C15H17N2O9P/c16-11-5-10(7-2-1-6(14(19)20)3-8(7)17-11)25-12-4-9(18)13(26-12)15(21)27(22,23)24/h1-3,5,9,12-13,15,18,21H,4H2,(H2,16,17)(H,19,20)(H2,22,23,24)/t9-,12+,13-,15?/m0/s1. The van der Waals surface area contributed by atoms with Crippen LogP contribution in [0, 0.1) is 0 Å². The fourth-order valence-corrected chi connectivity index (χ4v) is 3.43. The van der Waals surface area contributed by atoms with Crippen LogP contribution >= 0.6 is 7.60 Å². The second-order valence-electron chi connectivity index (χ2n) is 6.04. The van der Waals surface area contributed by atoms with Gasteiger partial charge in [-0.25, -0.2) is 9.78 Å². The van der Waals surface area contributed by atoms with Gasteiger partial charge < -0.3 is 40.3 Å². The molecule has 146 valence electrons. The molecule has 2 heterocycles. The van der Waals surface area contributed by atoms with Crippen molar-refractivity contribution in [2.75, 3.05) is 5.73 Å². The van der Waals surface area contributed by atoms with E-state index in [0.717, 1.165) is 0 Å². The van der Waals surface area contributed by atoms with Crippen molar-refractivity contribution in [2.45, 2.75) is 30.8 Å². The van der Waals surface area contributed by atoms with E-state index in [2.05, 4.69) is 4.98 Å². The molecule has 1 aromatic carbocycles. The first-order chi connectivity index (χ1) is 12.6. The Morgan fingerprint density at radius 2 is 2.07 bits per heavy atom. The van der Waals surface area contributed by atoms with Gasteiger partial charge in [-0.15, -0.1) is 0 Å². The van der Waals surface area contributed by atoms with Crippen LogP contribution in [0.25, 0.3) is 10.9 Å². The largest absolute Gasteiger partial charge is 0.478 e. The number of fused-ring (bicyclic) bond motifs is 1. The molecule has 7 N–H and O–H groups in total. The number of nitrogens with zero attached hydrogens (tertiary/aromatic N) is 1. The molecular weight excluding hydrogens is 383 g/mol. The summed E-state index contributed by atoms with van der Waals surface area (Å²) >= 11 is 0. The summed E-state index contributed by atoms with van der Waals surface area (Å²) in [5, 5.41) is 29.1. The van der Waals surface area contributed by atoms with Crippen LogP contribution in [-0.4, -0.2) is 60.4 Å². The maximum absolute atomic E-state index is 11.2. The molecule has 1 aliphatic rings. The third-order valence-electron chi connectivity index (χ3n) is 4.06. The summed E-state index contributed by atoms with van der Waals surface area (Å²) in [7, 11) is -4.88. The Balaban J connectivity index is 1.87. The lowest BCUT2D eigenvalue weighted by molar-refractivity contribution is -0.104. The minimum absolute atomic E-state index is 0.00363. The minimum Gasteiger partial charge on any atom is -0.478 e. The zero-order valence-electron chi connectivity index (χ0n) is 13.7. The predicted octanol–water partition coefficient (Wildman–Crippen LogP) is -0.134. The van der Waals surface area contributed by atoms with E-state index >= 15 is 0 Å². The van der Waals surface area contributed by atoms with Crippen molar-refractivity contribution in [3.8, 4) is 5.75 Å². The zero-order valence-corrected chi connectivity index (χ0v) is 14.6. The van der Waals surface area contributed by atoms with E-state index in [4.69, 9.17) is 30.1 Å². The van der Waals surface area contributed by atoms with E-state index in [9.17, 15) is 19.6 Å². The molecule has 1 fully saturated rings. The topological polar surface area (TPSA) is 193 Å². The third-order valence-corrected chi connectivity index (χ3v) is 5.04. The Hall–Kier alpha value is -2.27. The van der Waals surface area contributed by atoms with Gasteiger partial charge in [0.05, 0.1) is 17.2 Å². The molecule has 1 saturated heterocycles. The molecule has 0 spiro atoms. The quantitative estimate of drug-likeness (QED) is 0.366. The lowest BCUT2D eigenvalue weighted by Gasteiger charge is -2.21. The van der Waals surface area contributed by atoms with E-state index < -0.39 is 37.9 Å².